The van der Waals surface area contributed by atoms with E-state index in [9.17, 15) is 49.9 Å². The molecule has 0 saturated heterocycles. The molecule has 4 aliphatic heterocycles. The van der Waals surface area contributed by atoms with Gasteiger partial charge in [0.15, 0.2) is 45.9 Å². The summed E-state index contributed by atoms with van der Waals surface area (Å²) < 4.78 is 100. The second-order valence-corrected chi connectivity index (χ2v) is 37.0. The molecule has 28 nitrogen and oxygen atoms in total. The molecule has 0 atom stereocenters. The van der Waals surface area contributed by atoms with E-state index < -0.39 is 17.5 Å². The van der Waals surface area contributed by atoms with Crippen LogP contribution in [0.3, 0.4) is 0 Å². The van der Waals surface area contributed by atoms with Crippen LogP contribution < -0.4 is 5.73 Å². The number of nitrogen functional groups attached to an aromatic ring is 1. The first kappa shape index (κ1) is 90.9. The van der Waals surface area contributed by atoms with Crippen molar-refractivity contribution in [2.24, 2.45) is 5.92 Å². The molecule has 15 heterocycles. The number of rotatable bonds is 18. The van der Waals surface area contributed by atoms with Gasteiger partial charge in [-0.25, -0.2) is 104 Å². The van der Waals surface area contributed by atoms with Crippen molar-refractivity contribution < 1.29 is 49.9 Å². The van der Waals surface area contributed by atoms with Crippen molar-refractivity contribution in [3.05, 3.63) is 255 Å². The quantitative estimate of drug-likeness (QED) is 0.0780. The Morgan fingerprint density at radius 3 is 1.08 bits per heavy atom. The fourth-order valence-electron chi connectivity index (χ4n) is 15.4. The van der Waals surface area contributed by atoms with E-state index in [0.29, 0.717) is 145 Å². The molecule has 2 N–H and O–H groups in total. The predicted molar refractivity (Wildman–Crippen MR) is 482 cm³/mol. The third kappa shape index (κ3) is 22.5. The summed E-state index contributed by atoms with van der Waals surface area (Å²) in [5, 5.41) is 21.8. The molecule has 4 aliphatic rings. The number of thiazole rings is 4. The number of nitrogens with two attached hydrogens (primary N) is 1. The number of aryl methyl sites for hydroxylation is 5. The highest BCUT2D eigenvalue weighted by atomic mass is 32.1. The molecule has 4 aromatic carbocycles. The lowest BCUT2D eigenvalue weighted by Gasteiger charge is -2.20. The summed E-state index contributed by atoms with van der Waals surface area (Å²) in [6.45, 7) is 17.0. The maximum Gasteiger partial charge on any atom is 0.244 e. The van der Waals surface area contributed by atoms with Crippen molar-refractivity contribution in [1.29, 1.82) is 0 Å². The summed E-state index contributed by atoms with van der Waals surface area (Å²) in [7, 11) is 0. The molecule has 11 aromatic heterocycles. The first-order valence-corrected chi connectivity index (χ1v) is 45.8. The highest BCUT2D eigenvalue weighted by Crippen LogP contribution is 2.32. The van der Waals surface area contributed by atoms with E-state index in [1.807, 2.05) is 35.5 Å². The smallest absolute Gasteiger partial charge is 0.244 e. The Morgan fingerprint density at radius 2 is 0.679 bits per heavy atom. The van der Waals surface area contributed by atoms with E-state index in [-0.39, 0.29) is 84.7 Å². The van der Waals surface area contributed by atoms with Crippen molar-refractivity contribution in [3.63, 3.8) is 0 Å². The number of amides is 4. The number of aromatic nitrogens is 19. The molecule has 0 aliphatic carbocycles. The minimum absolute atomic E-state index is 0.0268. The second kappa shape index (κ2) is 40.7. The van der Waals surface area contributed by atoms with Gasteiger partial charge in [0.2, 0.25) is 23.6 Å². The molecule has 0 spiro atoms. The van der Waals surface area contributed by atoms with Gasteiger partial charge in [-0.2, -0.15) is 5.10 Å². The van der Waals surface area contributed by atoms with Gasteiger partial charge in [-0.05, 0) is 173 Å². The number of carbonyl (C=O) groups excluding carboxylic acids is 4. The molecule has 0 bridgehead atoms. The summed E-state index contributed by atoms with van der Waals surface area (Å²) in [5.74, 6) is 0.823. The summed E-state index contributed by atoms with van der Waals surface area (Å²) in [4.78, 5) is 113. The highest BCUT2D eigenvalue weighted by molar-refractivity contribution is 7.15. The summed E-state index contributed by atoms with van der Waals surface area (Å²) in [6.07, 6.45) is 10.9. The van der Waals surface area contributed by atoms with Crippen LogP contribution in [0.15, 0.2) is 146 Å². The van der Waals surface area contributed by atoms with Crippen molar-refractivity contribution in [1.82, 2.24) is 114 Å². The maximum absolute atomic E-state index is 13.7. The number of carbonyl (C=O) groups is 4. The van der Waals surface area contributed by atoms with Gasteiger partial charge in [0, 0.05) is 152 Å². The summed E-state index contributed by atoms with van der Waals surface area (Å²) in [6, 6.07) is 30.5. The maximum atomic E-state index is 13.7. The molecule has 131 heavy (non-hydrogen) atoms. The van der Waals surface area contributed by atoms with E-state index in [1.54, 1.807) is 99.0 Å². The fraction of sp³-hybridized carbons (Fsp3) is 0.315. The SMILES string of the molecule is Cc1nc2c(s1)CCN(C(=O)Cn1nc(-c3ccc(F)c(C)c3)nc1CCC(C)C)CC2.Cc1nc2c(s1)CCN(C(=O)Cn1nc(-c3ccc(F)cc3)nc1-c1ccc(F)cn1)CC2.Cc1nc2c(s1)CCN(C(=O)Cn1nc(-c3ccc(F)cn3)nc1-c1ccc(F)cc1)CC2.Nc1nc2c(s1)CCN(C(=O)Cn1nc(-c3ccc(F)cn3)nc1-c1ccc(F)cc1)CC2. The molecule has 0 saturated carbocycles. The Labute approximate surface area is 764 Å². The molecule has 0 unspecified atom stereocenters. The molecule has 39 heteroatoms. The van der Waals surface area contributed by atoms with Crippen LogP contribution in [-0.4, -0.2) is 190 Å². The molecule has 15 aromatic rings. The van der Waals surface area contributed by atoms with Gasteiger partial charge in [-0.1, -0.05) is 13.8 Å². The van der Waals surface area contributed by atoms with E-state index in [1.165, 1.54) is 119 Å². The van der Waals surface area contributed by atoms with Crippen LogP contribution in [0.2, 0.25) is 0 Å². The van der Waals surface area contributed by atoms with Gasteiger partial charge in [0.05, 0.1) is 56.4 Å². The highest BCUT2D eigenvalue weighted by Gasteiger charge is 2.31. The Bertz CT molecular complexity index is 6010. The zero-order valence-electron chi connectivity index (χ0n) is 72.3. The Hall–Kier alpha value is -13.4. The zero-order valence-corrected chi connectivity index (χ0v) is 75.5. The molecule has 0 radical (unpaired) electrons. The number of pyridine rings is 3. The lowest BCUT2D eigenvalue weighted by atomic mass is 10.1. The van der Waals surface area contributed by atoms with Gasteiger partial charge in [0.1, 0.15) is 89.8 Å². The lowest BCUT2D eigenvalue weighted by molar-refractivity contribution is -0.132. The molecular weight excluding hydrogens is 1770 g/mol. The standard InChI is InChI=1S/C24H30FN5OS.2C23H20F2N6OS.C22H19F2N7OS/c1-15(2)5-8-22-27-24(18-6-7-19(25)16(3)13-18)28-30(22)14-23(31)29-11-9-20-21(10-12-29)32-17(4)26-20;1-14-27-18-8-10-30(11-9-20(18)33-14)21(32)13-31-23(15-2-4-16(24)5-3-15)28-22(29-31)19-7-6-17(25)12-26-19;1-14-27-18-8-10-30(11-9-20(18)33-14)21(32)13-31-23(19-7-6-17(25)12-26-19)28-22(29-31)15-2-4-16(24)5-3-15;23-14-3-1-13(2-4-14)21-28-20(17-6-5-15(24)11-26-17)29-31(21)12-19(32)30-9-7-16-18(8-10-30)33-22(25)27-16/h6-7,13,15H,5,8-12,14H2,1-4H3;2*2-7,12H,8-11,13H2,1H3;1-6,11H,7-10,12H2,(H2,25,27). The minimum Gasteiger partial charge on any atom is -0.375 e. The minimum atomic E-state index is -0.474. The van der Waals surface area contributed by atoms with Crippen LogP contribution in [0.1, 0.15) is 89.0 Å². The van der Waals surface area contributed by atoms with Gasteiger partial charge in [0.25, 0.3) is 0 Å². The van der Waals surface area contributed by atoms with Crippen LogP contribution in [0.5, 0.6) is 0 Å². The van der Waals surface area contributed by atoms with Crippen LogP contribution in [0.25, 0.3) is 80.1 Å². The van der Waals surface area contributed by atoms with Gasteiger partial charge < -0.3 is 25.3 Å². The first-order chi connectivity index (χ1) is 63.2. The average Bonchev–Trinajstić information content (AvgIpc) is 1.66. The van der Waals surface area contributed by atoms with E-state index >= 15 is 0 Å². The Balaban J connectivity index is 0.000000128. The molecule has 0 fully saturated rings. The third-order valence-electron chi connectivity index (χ3n) is 22.2. The van der Waals surface area contributed by atoms with E-state index in [4.69, 9.17) is 10.7 Å². The topological polar surface area (TPSA) is 320 Å². The lowest BCUT2D eigenvalue weighted by Crippen LogP contribution is -2.36. The van der Waals surface area contributed by atoms with Crippen molar-refractivity contribution in [2.45, 2.75) is 132 Å². The van der Waals surface area contributed by atoms with Crippen LogP contribution in [-0.2, 0) is 103 Å². The summed E-state index contributed by atoms with van der Waals surface area (Å²) in [5.41, 5.74) is 14.3. The van der Waals surface area contributed by atoms with Crippen LogP contribution in [0.4, 0.5) is 35.9 Å². The Morgan fingerprint density at radius 1 is 0.351 bits per heavy atom. The Kier molecular flexibility index (Phi) is 28.3. The molecule has 4 amide bonds. The number of benzene rings is 4. The molecule has 19 rings (SSSR count). The molecular formula is C92H89F7N24O4S4. The largest absolute Gasteiger partial charge is 0.375 e. The number of nitrogens with zero attached hydrogens (tertiary/aromatic N) is 23. The van der Waals surface area contributed by atoms with Crippen molar-refractivity contribution in [3.8, 4) is 80.1 Å². The number of halogens is 7. The van der Waals surface area contributed by atoms with Crippen molar-refractivity contribution >= 4 is 74.1 Å². The second-order valence-electron chi connectivity index (χ2n) is 32.0. The number of anilines is 1. The van der Waals surface area contributed by atoms with Gasteiger partial charge in [-0.15, -0.1) is 60.6 Å². The number of hydrogen-bond donors (Lipinski definition) is 1. The van der Waals surface area contributed by atoms with E-state index in [2.05, 4.69) is 84.1 Å². The third-order valence-corrected chi connectivity index (χ3v) is 26.4. The number of hydrogen-bond acceptors (Lipinski definition) is 24. The average molecular weight is 1860 g/mol. The van der Waals surface area contributed by atoms with Crippen LogP contribution in [0, 0.1) is 74.3 Å². The zero-order chi connectivity index (χ0) is 91.7. The summed E-state index contributed by atoms with van der Waals surface area (Å²) >= 11 is 6.56. The normalized spacial score (nSPS) is 13.7. The predicted octanol–water partition coefficient (Wildman–Crippen LogP) is 14.7. The fourth-order valence-corrected chi connectivity index (χ4v) is 19.2. The van der Waals surface area contributed by atoms with Gasteiger partial charge in [-0.3, -0.25) is 19.2 Å². The van der Waals surface area contributed by atoms with Crippen LogP contribution >= 0.6 is 45.3 Å². The van der Waals surface area contributed by atoms with E-state index in [0.717, 1.165) is 124 Å². The molecule has 674 valence electrons. The van der Waals surface area contributed by atoms with Gasteiger partial charge >= 0.3 is 0 Å². The number of fused-ring (bicyclic) bond motifs is 4. The van der Waals surface area contributed by atoms with Crippen molar-refractivity contribution in [2.75, 3.05) is 58.1 Å². The monoisotopic (exact) mass is 1850 g/mol. The first-order valence-electron chi connectivity index (χ1n) is 42.6.